The van der Waals surface area contributed by atoms with E-state index in [1.165, 1.54) is 0 Å². The molecule has 0 bridgehead atoms. The van der Waals surface area contributed by atoms with E-state index in [1.807, 2.05) is 38.1 Å². The summed E-state index contributed by atoms with van der Waals surface area (Å²) in [6.07, 6.45) is 0. The molecular weight excluding hydrogens is 264 g/mol. The molecule has 4 heteroatoms. The highest BCUT2D eigenvalue weighted by atomic mass is 16.3. The summed E-state index contributed by atoms with van der Waals surface area (Å²) in [5, 5.41) is 12.1. The van der Waals surface area contributed by atoms with E-state index in [2.05, 4.69) is 0 Å². The summed E-state index contributed by atoms with van der Waals surface area (Å²) < 4.78 is 0.266. The molecule has 21 heavy (non-hydrogen) atoms. The first-order valence-corrected chi connectivity index (χ1v) is 7.40. The Kier molecular flexibility index (Phi) is 4.60. The fourth-order valence-corrected chi connectivity index (χ4v) is 2.83. The number of carbonyl (C=O) groups excluding carboxylic acids is 1. The van der Waals surface area contributed by atoms with Crippen molar-refractivity contribution in [1.29, 1.82) is 0 Å². The highest BCUT2D eigenvalue weighted by Gasteiger charge is 2.35. The molecule has 0 unspecified atom stereocenters. The Morgan fingerprint density at radius 3 is 2.24 bits per heavy atom. The molecule has 2 rings (SSSR count). The summed E-state index contributed by atoms with van der Waals surface area (Å²) in [6, 6.07) is 11.1. The minimum Gasteiger partial charge on any atom is -0.507 e. The van der Waals surface area contributed by atoms with E-state index in [-0.39, 0.29) is 16.1 Å². The molecule has 4 nitrogen and oxygen atoms in total. The molecule has 0 spiro atoms. The summed E-state index contributed by atoms with van der Waals surface area (Å²) in [5.41, 5.74) is 6.06. The molecule has 3 N–H and O–H groups in total. The topological polar surface area (TPSA) is 63.3 Å². The van der Waals surface area contributed by atoms with Crippen LogP contribution in [0.1, 0.15) is 24.2 Å². The van der Waals surface area contributed by atoms with Crippen molar-refractivity contribution >= 4 is 16.7 Å². The van der Waals surface area contributed by atoms with Crippen molar-refractivity contribution in [2.75, 3.05) is 26.2 Å². The molecule has 0 radical (unpaired) electrons. The van der Waals surface area contributed by atoms with Gasteiger partial charge in [-0.15, -0.1) is 0 Å². The van der Waals surface area contributed by atoms with Gasteiger partial charge in [-0.05, 0) is 36.8 Å². The lowest BCUT2D eigenvalue weighted by atomic mass is 10.0. The summed E-state index contributed by atoms with van der Waals surface area (Å²) in [5.74, 6) is -0.0196. The maximum absolute atomic E-state index is 12.9. The van der Waals surface area contributed by atoms with Crippen LogP contribution in [0.25, 0.3) is 10.8 Å². The van der Waals surface area contributed by atoms with Crippen LogP contribution >= 0.6 is 0 Å². The first-order chi connectivity index (χ1) is 10.1. The molecule has 2 aromatic carbocycles. The molecule has 0 heterocycles. The maximum atomic E-state index is 12.9. The van der Waals surface area contributed by atoms with Crippen molar-refractivity contribution in [3.8, 4) is 5.75 Å². The molecule has 0 aliphatic heterocycles. The van der Waals surface area contributed by atoms with Crippen LogP contribution in [-0.4, -0.2) is 41.7 Å². The number of hydrogen-bond donors (Lipinski definition) is 2. The number of carbonyl (C=O) groups is 1. The number of phenols is 1. The smallest absolute Gasteiger partial charge is 0.349 e. The molecule has 2 aromatic rings. The normalized spacial score (nSPS) is 11.8. The van der Waals surface area contributed by atoms with Crippen molar-refractivity contribution in [1.82, 2.24) is 0 Å². The van der Waals surface area contributed by atoms with Crippen LogP contribution in [0.4, 0.5) is 0 Å². The number of hydrogen-bond acceptors (Lipinski definition) is 3. The minimum atomic E-state index is -0.0614. The van der Waals surface area contributed by atoms with Gasteiger partial charge in [0.25, 0.3) is 0 Å². The first-order valence-electron chi connectivity index (χ1n) is 7.40. The quantitative estimate of drug-likeness (QED) is 0.831. The standard InChI is InChI=1S/C17H22N2O2/c1-3-19(4-2,10-9-18)17(21)15-11-13-7-5-6-8-14(13)12-16(15)20/h5-8,11-12H,3-4,9-10,18H2,1-2H3/p+1. The van der Waals surface area contributed by atoms with Gasteiger partial charge in [0.15, 0.2) is 0 Å². The maximum Gasteiger partial charge on any atom is 0.349 e. The number of amides is 1. The van der Waals surface area contributed by atoms with Crippen molar-refractivity contribution < 1.29 is 14.4 Å². The summed E-state index contributed by atoms with van der Waals surface area (Å²) in [6.45, 7) is 6.32. The second-order valence-corrected chi connectivity index (χ2v) is 5.31. The van der Waals surface area contributed by atoms with Gasteiger partial charge in [-0.3, -0.25) is 4.48 Å². The number of aromatic hydroxyl groups is 1. The van der Waals surface area contributed by atoms with Crippen molar-refractivity contribution in [2.45, 2.75) is 13.8 Å². The molecule has 0 aromatic heterocycles. The van der Waals surface area contributed by atoms with Crippen LogP contribution in [-0.2, 0) is 0 Å². The fourth-order valence-electron chi connectivity index (χ4n) is 2.83. The lowest BCUT2D eigenvalue weighted by Crippen LogP contribution is -2.55. The predicted octanol–water partition coefficient (Wildman–Crippen LogP) is 2.50. The summed E-state index contributed by atoms with van der Waals surface area (Å²) in [7, 11) is 0. The van der Waals surface area contributed by atoms with E-state index in [9.17, 15) is 9.90 Å². The van der Waals surface area contributed by atoms with Crippen molar-refractivity contribution in [3.05, 3.63) is 42.0 Å². The van der Waals surface area contributed by atoms with Crippen LogP contribution < -0.4 is 5.73 Å². The zero-order valence-electron chi connectivity index (χ0n) is 12.7. The third kappa shape index (κ3) is 2.77. The van der Waals surface area contributed by atoms with Crippen LogP contribution in [0.5, 0.6) is 5.75 Å². The number of nitrogens with two attached hydrogens (primary N) is 1. The van der Waals surface area contributed by atoms with Gasteiger partial charge < -0.3 is 10.8 Å². The van der Waals surface area contributed by atoms with Crippen LogP contribution in [0.3, 0.4) is 0 Å². The second kappa shape index (κ2) is 6.24. The Morgan fingerprint density at radius 1 is 1.14 bits per heavy atom. The molecule has 0 aliphatic rings. The molecule has 0 fully saturated rings. The number of likely N-dealkylation sites (N-methyl/N-ethyl adjacent to an activating group) is 1. The predicted molar refractivity (Wildman–Crippen MR) is 85.2 cm³/mol. The lowest BCUT2D eigenvalue weighted by Gasteiger charge is -2.33. The molecule has 112 valence electrons. The number of fused-ring (bicyclic) bond motifs is 1. The minimum absolute atomic E-state index is 0.0418. The Labute approximate surface area is 125 Å². The average molecular weight is 287 g/mol. The highest BCUT2D eigenvalue weighted by molar-refractivity contribution is 5.98. The zero-order valence-corrected chi connectivity index (χ0v) is 12.7. The Hall–Kier alpha value is -1.91. The van der Waals surface area contributed by atoms with Gasteiger partial charge in [-0.25, -0.2) is 4.79 Å². The molecule has 0 aliphatic carbocycles. The molecule has 0 saturated carbocycles. The van der Waals surface area contributed by atoms with Gasteiger partial charge in [0, 0.05) is 6.54 Å². The Balaban J connectivity index is 2.53. The molecule has 0 atom stereocenters. The van der Waals surface area contributed by atoms with E-state index >= 15 is 0 Å². The van der Waals surface area contributed by atoms with E-state index in [0.717, 1.165) is 10.8 Å². The van der Waals surface area contributed by atoms with Gasteiger partial charge in [0.1, 0.15) is 11.3 Å². The van der Waals surface area contributed by atoms with E-state index in [0.29, 0.717) is 31.7 Å². The number of quaternary nitrogens is 1. The number of phenolic OH excluding ortho intramolecular Hbond substituents is 1. The van der Waals surface area contributed by atoms with E-state index < -0.39 is 0 Å². The van der Waals surface area contributed by atoms with Crippen LogP contribution in [0, 0.1) is 0 Å². The zero-order chi connectivity index (χ0) is 15.5. The third-order valence-corrected chi connectivity index (χ3v) is 4.29. The van der Waals surface area contributed by atoms with Crippen molar-refractivity contribution in [3.63, 3.8) is 0 Å². The second-order valence-electron chi connectivity index (χ2n) is 5.31. The summed E-state index contributed by atoms with van der Waals surface area (Å²) in [4.78, 5) is 12.9. The number of nitrogens with zero attached hydrogens (tertiary/aromatic N) is 1. The van der Waals surface area contributed by atoms with Gasteiger partial charge >= 0.3 is 5.91 Å². The van der Waals surface area contributed by atoms with E-state index in [4.69, 9.17) is 5.73 Å². The highest BCUT2D eigenvalue weighted by Crippen LogP contribution is 2.28. The van der Waals surface area contributed by atoms with Crippen molar-refractivity contribution in [2.24, 2.45) is 5.73 Å². The SMILES string of the molecule is CC[N+](CC)(CCN)C(=O)c1cc2ccccc2cc1O. The lowest BCUT2D eigenvalue weighted by molar-refractivity contribution is -0.844. The molecular formula is C17H23N2O2+. The molecule has 0 saturated heterocycles. The summed E-state index contributed by atoms with van der Waals surface area (Å²) >= 11 is 0. The Morgan fingerprint density at radius 2 is 1.71 bits per heavy atom. The van der Waals surface area contributed by atoms with Gasteiger partial charge in [-0.1, -0.05) is 24.3 Å². The fraction of sp³-hybridized carbons (Fsp3) is 0.353. The molecule has 1 amide bonds. The monoisotopic (exact) mass is 287 g/mol. The average Bonchev–Trinajstić information content (AvgIpc) is 2.51. The third-order valence-electron chi connectivity index (χ3n) is 4.29. The van der Waals surface area contributed by atoms with Gasteiger partial charge in [0.05, 0.1) is 19.6 Å². The number of benzene rings is 2. The number of rotatable bonds is 5. The van der Waals surface area contributed by atoms with Gasteiger partial charge in [-0.2, -0.15) is 0 Å². The van der Waals surface area contributed by atoms with Crippen LogP contribution in [0.15, 0.2) is 36.4 Å². The first kappa shape index (κ1) is 15.5. The van der Waals surface area contributed by atoms with E-state index in [1.54, 1.807) is 12.1 Å². The largest absolute Gasteiger partial charge is 0.507 e. The van der Waals surface area contributed by atoms with Gasteiger partial charge in [0.2, 0.25) is 0 Å². The Bertz CT molecular complexity index is 648. The van der Waals surface area contributed by atoms with Crippen LogP contribution in [0.2, 0.25) is 0 Å².